The van der Waals surface area contributed by atoms with Crippen molar-refractivity contribution in [3.8, 4) is 5.75 Å². The van der Waals surface area contributed by atoms with Gasteiger partial charge in [0.2, 0.25) is 0 Å². The number of morpholine rings is 1. The van der Waals surface area contributed by atoms with E-state index in [0.717, 1.165) is 44.2 Å². The summed E-state index contributed by atoms with van der Waals surface area (Å²) in [6.07, 6.45) is 0. The summed E-state index contributed by atoms with van der Waals surface area (Å²) in [4.78, 5) is 2.45. The lowest BCUT2D eigenvalue weighted by atomic mass is 9.77. The van der Waals surface area contributed by atoms with Gasteiger partial charge in [-0.1, -0.05) is 17.7 Å². The van der Waals surface area contributed by atoms with Gasteiger partial charge in [0.05, 0.1) is 13.2 Å². The summed E-state index contributed by atoms with van der Waals surface area (Å²) in [5.41, 5.74) is 10.0. The number of ether oxygens (including phenoxy) is 2. The van der Waals surface area contributed by atoms with Gasteiger partial charge in [0.25, 0.3) is 0 Å². The fourth-order valence-electron chi connectivity index (χ4n) is 3.76. The van der Waals surface area contributed by atoms with E-state index in [1.54, 1.807) is 0 Å². The summed E-state index contributed by atoms with van der Waals surface area (Å²) >= 11 is 0. The number of aryl methyl sites for hydroxylation is 2. The number of hydrogen-bond acceptors (Lipinski definition) is 4. The molecule has 1 aromatic carbocycles. The minimum atomic E-state index is -0.259. The SMILES string of the molecule is Cc1cc(C)c2c(c1)C(N)C(CN1CCOCC1)C(C)(C)O2. The van der Waals surface area contributed by atoms with Crippen LogP contribution >= 0.6 is 0 Å². The van der Waals surface area contributed by atoms with Crippen LogP contribution in [0.2, 0.25) is 0 Å². The Bertz CT molecular complexity index is 550. The number of benzene rings is 1. The Balaban J connectivity index is 1.90. The second kappa shape index (κ2) is 5.84. The van der Waals surface area contributed by atoms with Crippen LogP contribution in [0.4, 0.5) is 0 Å². The quantitative estimate of drug-likeness (QED) is 0.911. The molecule has 1 fully saturated rings. The molecule has 2 N–H and O–H groups in total. The molecule has 22 heavy (non-hydrogen) atoms. The van der Waals surface area contributed by atoms with Gasteiger partial charge >= 0.3 is 0 Å². The molecule has 3 rings (SSSR count). The predicted octanol–water partition coefficient (Wildman–Crippen LogP) is 2.42. The molecule has 0 saturated carbocycles. The minimum Gasteiger partial charge on any atom is -0.487 e. The summed E-state index contributed by atoms with van der Waals surface area (Å²) in [6, 6.07) is 4.37. The standard InChI is InChI=1S/C18H28N2O2/c1-12-9-13(2)17-14(10-12)16(19)15(18(3,4)22-17)11-20-5-7-21-8-6-20/h9-10,15-16H,5-8,11,19H2,1-4H3. The fraction of sp³-hybridized carbons (Fsp3) is 0.667. The third kappa shape index (κ3) is 2.87. The van der Waals surface area contributed by atoms with Crippen molar-refractivity contribution < 1.29 is 9.47 Å². The third-order valence-corrected chi connectivity index (χ3v) is 5.06. The highest BCUT2D eigenvalue weighted by atomic mass is 16.5. The zero-order chi connectivity index (χ0) is 15.9. The summed E-state index contributed by atoms with van der Waals surface area (Å²) in [5, 5.41) is 0. The molecular formula is C18H28N2O2. The molecule has 0 aromatic heterocycles. The van der Waals surface area contributed by atoms with E-state index < -0.39 is 0 Å². The van der Waals surface area contributed by atoms with E-state index in [-0.39, 0.29) is 17.6 Å². The molecule has 2 heterocycles. The van der Waals surface area contributed by atoms with Crippen LogP contribution in [0.15, 0.2) is 12.1 Å². The molecular weight excluding hydrogens is 276 g/mol. The van der Waals surface area contributed by atoms with Crippen molar-refractivity contribution >= 4 is 0 Å². The van der Waals surface area contributed by atoms with Crippen molar-refractivity contribution in [2.45, 2.75) is 39.3 Å². The van der Waals surface area contributed by atoms with Gasteiger partial charge < -0.3 is 15.2 Å². The summed E-state index contributed by atoms with van der Waals surface area (Å²) in [7, 11) is 0. The van der Waals surface area contributed by atoms with Gasteiger partial charge in [-0.25, -0.2) is 0 Å². The molecule has 2 atom stereocenters. The average Bonchev–Trinajstić information content (AvgIpc) is 2.46. The van der Waals surface area contributed by atoms with E-state index in [4.69, 9.17) is 15.2 Å². The van der Waals surface area contributed by atoms with Crippen LogP contribution in [0, 0.1) is 19.8 Å². The van der Waals surface area contributed by atoms with Crippen LogP contribution in [0.3, 0.4) is 0 Å². The molecule has 1 aromatic rings. The van der Waals surface area contributed by atoms with Crippen LogP contribution in [-0.4, -0.2) is 43.3 Å². The van der Waals surface area contributed by atoms with Crippen molar-refractivity contribution in [2.75, 3.05) is 32.8 Å². The number of hydrogen-bond donors (Lipinski definition) is 1. The Morgan fingerprint density at radius 1 is 1.23 bits per heavy atom. The Labute approximate surface area is 133 Å². The molecule has 1 saturated heterocycles. The zero-order valence-electron chi connectivity index (χ0n) is 14.2. The smallest absolute Gasteiger partial charge is 0.127 e. The molecule has 4 nitrogen and oxygen atoms in total. The maximum absolute atomic E-state index is 6.68. The Morgan fingerprint density at radius 2 is 1.91 bits per heavy atom. The first-order valence-corrected chi connectivity index (χ1v) is 8.24. The summed E-state index contributed by atoms with van der Waals surface area (Å²) < 4.78 is 11.8. The number of nitrogens with zero attached hydrogens (tertiary/aromatic N) is 1. The van der Waals surface area contributed by atoms with Crippen LogP contribution in [-0.2, 0) is 4.74 Å². The van der Waals surface area contributed by atoms with Crippen molar-refractivity contribution in [3.05, 3.63) is 28.8 Å². The van der Waals surface area contributed by atoms with Crippen molar-refractivity contribution in [3.63, 3.8) is 0 Å². The van der Waals surface area contributed by atoms with E-state index in [2.05, 4.69) is 44.7 Å². The fourth-order valence-corrected chi connectivity index (χ4v) is 3.76. The molecule has 2 aliphatic rings. The molecule has 2 unspecified atom stereocenters. The Morgan fingerprint density at radius 3 is 2.59 bits per heavy atom. The van der Waals surface area contributed by atoms with Crippen LogP contribution in [0.5, 0.6) is 5.75 Å². The third-order valence-electron chi connectivity index (χ3n) is 5.06. The topological polar surface area (TPSA) is 47.7 Å². The maximum atomic E-state index is 6.68. The lowest BCUT2D eigenvalue weighted by Gasteiger charge is -2.46. The van der Waals surface area contributed by atoms with Gasteiger partial charge in [0, 0.05) is 37.2 Å². The molecule has 122 valence electrons. The van der Waals surface area contributed by atoms with Gasteiger partial charge in [-0.3, -0.25) is 4.90 Å². The van der Waals surface area contributed by atoms with E-state index in [0.29, 0.717) is 0 Å². The van der Waals surface area contributed by atoms with E-state index in [1.807, 2.05) is 0 Å². The van der Waals surface area contributed by atoms with Gasteiger partial charge in [-0.05, 0) is 33.3 Å². The monoisotopic (exact) mass is 304 g/mol. The van der Waals surface area contributed by atoms with E-state index in [1.165, 1.54) is 11.1 Å². The van der Waals surface area contributed by atoms with E-state index >= 15 is 0 Å². The molecule has 4 heteroatoms. The van der Waals surface area contributed by atoms with Gasteiger partial charge in [-0.2, -0.15) is 0 Å². The first-order valence-electron chi connectivity index (χ1n) is 8.24. The van der Waals surface area contributed by atoms with Gasteiger partial charge in [0.1, 0.15) is 11.4 Å². The lowest BCUT2D eigenvalue weighted by Crippen LogP contribution is -2.53. The number of rotatable bonds is 2. The summed E-state index contributed by atoms with van der Waals surface area (Å²) in [6.45, 7) is 13.1. The number of fused-ring (bicyclic) bond motifs is 1. The Hall–Kier alpha value is -1.10. The molecule has 0 spiro atoms. The van der Waals surface area contributed by atoms with Gasteiger partial charge in [-0.15, -0.1) is 0 Å². The van der Waals surface area contributed by atoms with E-state index in [9.17, 15) is 0 Å². The molecule has 0 radical (unpaired) electrons. The first-order chi connectivity index (χ1) is 10.4. The largest absolute Gasteiger partial charge is 0.487 e. The Kier molecular flexibility index (Phi) is 4.19. The van der Waals surface area contributed by atoms with Gasteiger partial charge in [0.15, 0.2) is 0 Å². The predicted molar refractivity (Wildman–Crippen MR) is 88.3 cm³/mol. The van der Waals surface area contributed by atoms with Crippen LogP contribution in [0.25, 0.3) is 0 Å². The number of nitrogens with two attached hydrogens (primary N) is 1. The van der Waals surface area contributed by atoms with Crippen LogP contribution in [0.1, 0.15) is 36.6 Å². The molecule has 0 aliphatic carbocycles. The molecule has 0 bridgehead atoms. The minimum absolute atomic E-state index is 0.0141. The van der Waals surface area contributed by atoms with Crippen molar-refractivity contribution in [1.82, 2.24) is 4.90 Å². The first kappa shape index (κ1) is 15.8. The van der Waals surface area contributed by atoms with Crippen molar-refractivity contribution in [2.24, 2.45) is 11.7 Å². The zero-order valence-corrected chi connectivity index (χ0v) is 14.2. The molecule has 0 amide bonds. The highest BCUT2D eigenvalue weighted by molar-refractivity contribution is 5.47. The summed E-state index contributed by atoms with van der Waals surface area (Å²) in [5.74, 6) is 1.26. The average molecular weight is 304 g/mol. The second-order valence-electron chi connectivity index (χ2n) is 7.25. The maximum Gasteiger partial charge on any atom is 0.127 e. The highest BCUT2D eigenvalue weighted by Gasteiger charge is 2.43. The van der Waals surface area contributed by atoms with Crippen LogP contribution < -0.4 is 10.5 Å². The van der Waals surface area contributed by atoms with Crippen molar-refractivity contribution in [1.29, 1.82) is 0 Å². The normalized spacial score (nSPS) is 28.0. The molecule has 2 aliphatic heterocycles. The second-order valence-corrected chi connectivity index (χ2v) is 7.25. The lowest BCUT2D eigenvalue weighted by molar-refractivity contribution is -0.0291. The highest BCUT2D eigenvalue weighted by Crippen LogP contribution is 2.44.